The summed E-state index contributed by atoms with van der Waals surface area (Å²) in [5.41, 5.74) is 5.97. The van der Waals surface area contributed by atoms with Crippen LogP contribution in [0.3, 0.4) is 0 Å². The summed E-state index contributed by atoms with van der Waals surface area (Å²) in [4.78, 5) is 12.4. The molecule has 0 aliphatic heterocycles. The maximum atomic E-state index is 12.4. The second-order valence-corrected chi connectivity index (χ2v) is 8.24. The maximum Gasteiger partial charge on any atom is 0.150 e. The minimum Gasteiger partial charge on any atom is -0.327 e. The van der Waals surface area contributed by atoms with Crippen molar-refractivity contribution in [2.24, 2.45) is 17.6 Å². The normalized spacial score (nSPS) is 37.7. The van der Waals surface area contributed by atoms with Crippen molar-refractivity contribution < 1.29 is 13.2 Å². The molecule has 0 aromatic heterocycles. The third-order valence-corrected chi connectivity index (χ3v) is 6.21. The van der Waals surface area contributed by atoms with Crippen molar-refractivity contribution in [3.8, 4) is 0 Å². The minimum absolute atomic E-state index is 0.00360. The molecule has 4 nitrogen and oxygen atoms in total. The predicted octanol–water partition coefficient (Wildman–Crippen LogP) is 1.29. The summed E-state index contributed by atoms with van der Waals surface area (Å²) < 4.78 is 23.2. The third kappa shape index (κ3) is 2.94. The quantitative estimate of drug-likeness (QED) is 0.840. The van der Waals surface area contributed by atoms with E-state index in [4.69, 9.17) is 5.73 Å². The molecule has 0 amide bonds. The van der Waals surface area contributed by atoms with Gasteiger partial charge in [0.25, 0.3) is 0 Å². The van der Waals surface area contributed by atoms with Gasteiger partial charge in [0.05, 0.1) is 5.25 Å². The van der Waals surface area contributed by atoms with E-state index in [0.717, 1.165) is 32.1 Å². The highest BCUT2D eigenvalue weighted by Crippen LogP contribution is 2.34. The van der Waals surface area contributed by atoms with E-state index >= 15 is 0 Å². The van der Waals surface area contributed by atoms with Gasteiger partial charge in [0, 0.05) is 24.1 Å². The molecule has 0 radical (unpaired) electrons. The zero-order chi connectivity index (χ0) is 13.3. The molecular formula is C13H23NO3S. The Hall–Kier alpha value is -0.420. The van der Waals surface area contributed by atoms with Gasteiger partial charge in [-0.25, -0.2) is 8.42 Å². The van der Waals surface area contributed by atoms with E-state index in [-0.39, 0.29) is 28.9 Å². The lowest BCUT2D eigenvalue weighted by molar-refractivity contribution is -0.127. The molecule has 2 aliphatic rings. The fourth-order valence-corrected chi connectivity index (χ4v) is 4.61. The molecule has 0 saturated heterocycles. The summed E-state index contributed by atoms with van der Waals surface area (Å²) in [7, 11) is -3.01. The van der Waals surface area contributed by atoms with Gasteiger partial charge in [0.1, 0.15) is 15.6 Å². The molecule has 2 fully saturated rings. The lowest BCUT2D eigenvalue weighted by atomic mass is 9.80. The fraction of sp³-hybridized carbons (Fsp3) is 0.923. The highest BCUT2D eigenvalue weighted by Gasteiger charge is 2.38. The van der Waals surface area contributed by atoms with Crippen molar-refractivity contribution in [2.75, 3.05) is 6.26 Å². The van der Waals surface area contributed by atoms with Gasteiger partial charge >= 0.3 is 0 Å². The number of Topliss-reactive ketones (excluding diaryl/α,β-unsaturated/α-hetero) is 1. The smallest absolute Gasteiger partial charge is 0.150 e. The van der Waals surface area contributed by atoms with Crippen molar-refractivity contribution in [2.45, 2.75) is 56.2 Å². The van der Waals surface area contributed by atoms with E-state index in [0.29, 0.717) is 12.8 Å². The van der Waals surface area contributed by atoms with Crippen molar-refractivity contribution in [1.82, 2.24) is 0 Å². The zero-order valence-electron chi connectivity index (χ0n) is 11.0. The Kier molecular flexibility index (Phi) is 4.11. The van der Waals surface area contributed by atoms with Crippen LogP contribution in [-0.2, 0) is 14.6 Å². The molecule has 4 atom stereocenters. The fourth-order valence-electron chi connectivity index (χ4n) is 3.44. The molecule has 0 bridgehead atoms. The Labute approximate surface area is 109 Å². The molecule has 18 heavy (non-hydrogen) atoms. The number of rotatable bonds is 3. The molecule has 0 spiro atoms. The number of hydrogen-bond acceptors (Lipinski definition) is 4. The Balaban J connectivity index is 2.02. The number of nitrogens with two attached hydrogens (primary N) is 1. The average molecular weight is 273 g/mol. The standard InChI is InChI=1S/C13H23NO3S/c1-18(16,17)10-5-2-4-9(8-10)13(15)11-6-3-7-12(11)14/h9-12H,2-8,14H2,1H3. The van der Waals surface area contributed by atoms with Gasteiger partial charge in [-0.15, -0.1) is 0 Å². The first kappa shape index (κ1) is 14.0. The van der Waals surface area contributed by atoms with Gasteiger partial charge in [-0.2, -0.15) is 0 Å². The number of carbonyl (C=O) groups is 1. The Bertz CT molecular complexity index is 418. The van der Waals surface area contributed by atoms with E-state index in [1.807, 2.05) is 0 Å². The first-order valence-electron chi connectivity index (χ1n) is 6.87. The third-order valence-electron chi connectivity index (χ3n) is 4.57. The molecular weight excluding hydrogens is 250 g/mol. The first-order chi connectivity index (χ1) is 8.39. The van der Waals surface area contributed by atoms with Gasteiger partial charge in [0.15, 0.2) is 0 Å². The molecule has 104 valence electrons. The van der Waals surface area contributed by atoms with Crippen LogP contribution < -0.4 is 5.73 Å². The van der Waals surface area contributed by atoms with E-state index in [1.54, 1.807) is 0 Å². The van der Waals surface area contributed by atoms with Gasteiger partial charge in [-0.3, -0.25) is 4.79 Å². The summed E-state index contributed by atoms with van der Waals surface area (Å²) in [6.07, 6.45) is 7.04. The molecule has 5 heteroatoms. The summed E-state index contributed by atoms with van der Waals surface area (Å²) in [5, 5.41) is -0.321. The average Bonchev–Trinajstić information content (AvgIpc) is 2.73. The van der Waals surface area contributed by atoms with Gasteiger partial charge in [0.2, 0.25) is 0 Å². The minimum atomic E-state index is -3.01. The number of ketones is 1. The van der Waals surface area contributed by atoms with Crippen LogP contribution in [-0.4, -0.2) is 31.7 Å². The predicted molar refractivity (Wildman–Crippen MR) is 70.9 cm³/mol. The Morgan fingerprint density at radius 3 is 2.33 bits per heavy atom. The van der Waals surface area contributed by atoms with Crippen LogP contribution in [0.1, 0.15) is 44.9 Å². The Morgan fingerprint density at radius 1 is 1.11 bits per heavy atom. The second-order valence-electron chi connectivity index (χ2n) is 5.92. The van der Waals surface area contributed by atoms with Crippen molar-refractivity contribution >= 4 is 15.6 Å². The van der Waals surface area contributed by atoms with E-state index in [1.165, 1.54) is 6.26 Å². The van der Waals surface area contributed by atoms with Crippen LogP contribution >= 0.6 is 0 Å². The molecule has 0 aromatic rings. The maximum absolute atomic E-state index is 12.4. The van der Waals surface area contributed by atoms with Gasteiger partial charge < -0.3 is 5.73 Å². The summed E-state index contributed by atoms with van der Waals surface area (Å²) in [6, 6.07) is -0.00360. The van der Waals surface area contributed by atoms with Crippen molar-refractivity contribution in [3.05, 3.63) is 0 Å². The topological polar surface area (TPSA) is 77.2 Å². The van der Waals surface area contributed by atoms with Crippen molar-refractivity contribution in [3.63, 3.8) is 0 Å². The second kappa shape index (κ2) is 5.29. The first-order valence-corrected chi connectivity index (χ1v) is 8.83. The van der Waals surface area contributed by atoms with Crippen LogP contribution in [0.2, 0.25) is 0 Å². The summed E-state index contributed by atoms with van der Waals surface area (Å²) in [5.74, 6) is 0.134. The molecule has 2 saturated carbocycles. The van der Waals surface area contributed by atoms with E-state index in [2.05, 4.69) is 0 Å². The van der Waals surface area contributed by atoms with Crippen LogP contribution in [0.5, 0.6) is 0 Å². The van der Waals surface area contributed by atoms with Gasteiger partial charge in [-0.05, 0) is 32.1 Å². The van der Waals surface area contributed by atoms with Crippen LogP contribution in [0.25, 0.3) is 0 Å². The SMILES string of the molecule is CS(=O)(=O)C1CCCC(C(=O)C2CCCC2N)C1. The van der Waals surface area contributed by atoms with Crippen molar-refractivity contribution in [1.29, 1.82) is 0 Å². The Morgan fingerprint density at radius 2 is 1.78 bits per heavy atom. The highest BCUT2D eigenvalue weighted by atomic mass is 32.2. The monoisotopic (exact) mass is 273 g/mol. The van der Waals surface area contributed by atoms with Crippen LogP contribution in [0.4, 0.5) is 0 Å². The zero-order valence-corrected chi connectivity index (χ0v) is 11.8. The molecule has 2 rings (SSSR count). The highest BCUT2D eigenvalue weighted by molar-refractivity contribution is 7.91. The van der Waals surface area contributed by atoms with Gasteiger partial charge in [-0.1, -0.05) is 12.8 Å². The number of carbonyl (C=O) groups excluding carboxylic acids is 1. The molecule has 2 aliphatic carbocycles. The molecule has 2 N–H and O–H groups in total. The van der Waals surface area contributed by atoms with Crippen LogP contribution in [0, 0.1) is 11.8 Å². The summed E-state index contributed by atoms with van der Waals surface area (Å²) >= 11 is 0. The van der Waals surface area contributed by atoms with E-state index < -0.39 is 9.84 Å². The van der Waals surface area contributed by atoms with Crippen LogP contribution in [0.15, 0.2) is 0 Å². The largest absolute Gasteiger partial charge is 0.327 e. The molecule has 0 aromatic carbocycles. The molecule has 4 unspecified atom stereocenters. The summed E-state index contributed by atoms with van der Waals surface area (Å²) in [6.45, 7) is 0. The van der Waals surface area contributed by atoms with E-state index in [9.17, 15) is 13.2 Å². The molecule has 0 heterocycles. The lowest BCUT2D eigenvalue weighted by Crippen LogP contribution is -2.38. The number of sulfone groups is 1. The number of hydrogen-bond donors (Lipinski definition) is 1. The lowest BCUT2D eigenvalue weighted by Gasteiger charge is -2.29.